The maximum atomic E-state index is 12.5. The molecule has 9 nitrogen and oxygen atoms in total. The summed E-state index contributed by atoms with van der Waals surface area (Å²) in [5, 5.41) is 13.8. The normalized spacial score (nSPS) is 15.2. The lowest BCUT2D eigenvalue weighted by atomic mass is 10.2. The van der Waals surface area contributed by atoms with Gasteiger partial charge in [-0.05, 0) is 37.1 Å². The summed E-state index contributed by atoms with van der Waals surface area (Å²) >= 11 is 0. The van der Waals surface area contributed by atoms with E-state index in [1.165, 1.54) is 24.3 Å². The third-order valence-electron chi connectivity index (χ3n) is 4.11. The first-order chi connectivity index (χ1) is 12.8. The van der Waals surface area contributed by atoms with E-state index in [1.54, 1.807) is 0 Å². The highest BCUT2D eigenvalue weighted by atomic mass is 32.2. The molecule has 1 aliphatic rings. The number of hydrogen-bond acceptors (Lipinski definition) is 5. The number of piperazine rings is 1. The van der Waals surface area contributed by atoms with Crippen LogP contribution in [-0.2, 0) is 19.6 Å². The third-order valence-corrected chi connectivity index (χ3v) is 5.97. The van der Waals surface area contributed by atoms with Gasteiger partial charge in [0, 0.05) is 31.6 Å². The van der Waals surface area contributed by atoms with Gasteiger partial charge in [-0.25, -0.2) is 8.42 Å². The van der Waals surface area contributed by atoms with Gasteiger partial charge in [0.05, 0.1) is 11.4 Å². The SMILES string of the molecule is O=C(O)CCCCCNC(=O)c1ccc(S(=O)(=O)N2CCNC(=O)C2)cc1. The largest absolute Gasteiger partial charge is 0.481 e. The van der Waals surface area contributed by atoms with Crippen LogP contribution in [0.1, 0.15) is 36.0 Å². The van der Waals surface area contributed by atoms with Gasteiger partial charge in [0.15, 0.2) is 0 Å². The lowest BCUT2D eigenvalue weighted by molar-refractivity contribution is -0.137. The number of hydrogen-bond donors (Lipinski definition) is 3. The Morgan fingerprint density at radius 1 is 1.15 bits per heavy atom. The second-order valence-electron chi connectivity index (χ2n) is 6.17. The van der Waals surface area contributed by atoms with Crippen LogP contribution in [0.3, 0.4) is 0 Å². The second kappa shape index (κ2) is 9.47. The van der Waals surface area contributed by atoms with Gasteiger partial charge in [0.25, 0.3) is 5.91 Å². The van der Waals surface area contributed by atoms with Crippen LogP contribution in [0.5, 0.6) is 0 Å². The minimum Gasteiger partial charge on any atom is -0.481 e. The highest BCUT2D eigenvalue weighted by Crippen LogP contribution is 2.17. The molecule has 0 aromatic heterocycles. The molecule has 27 heavy (non-hydrogen) atoms. The van der Waals surface area contributed by atoms with Crippen molar-refractivity contribution in [3.8, 4) is 0 Å². The van der Waals surface area contributed by atoms with Crippen LogP contribution in [0.15, 0.2) is 29.2 Å². The Labute approximate surface area is 157 Å². The van der Waals surface area contributed by atoms with Crippen molar-refractivity contribution < 1.29 is 27.9 Å². The Hall–Kier alpha value is -2.46. The van der Waals surface area contributed by atoms with Crippen molar-refractivity contribution in [1.29, 1.82) is 0 Å². The highest BCUT2D eigenvalue weighted by molar-refractivity contribution is 7.89. The summed E-state index contributed by atoms with van der Waals surface area (Å²) in [6.07, 6.45) is 2.05. The molecule has 1 saturated heterocycles. The number of benzene rings is 1. The molecule has 148 valence electrons. The van der Waals surface area contributed by atoms with Gasteiger partial charge in [-0.2, -0.15) is 4.31 Å². The first kappa shape index (κ1) is 20.8. The maximum Gasteiger partial charge on any atom is 0.303 e. The molecule has 0 radical (unpaired) electrons. The van der Waals surface area contributed by atoms with Crippen LogP contribution in [0.4, 0.5) is 0 Å². The zero-order valence-corrected chi connectivity index (χ0v) is 15.6. The zero-order chi connectivity index (χ0) is 19.9. The van der Waals surface area contributed by atoms with Crippen molar-refractivity contribution in [2.45, 2.75) is 30.6 Å². The first-order valence-corrected chi connectivity index (χ1v) is 10.1. The maximum absolute atomic E-state index is 12.5. The summed E-state index contributed by atoms with van der Waals surface area (Å²) in [5.41, 5.74) is 0.330. The predicted octanol–water partition coefficient (Wildman–Crippen LogP) is 0.182. The van der Waals surface area contributed by atoms with Crippen LogP contribution >= 0.6 is 0 Å². The monoisotopic (exact) mass is 397 g/mol. The lowest BCUT2D eigenvalue weighted by Crippen LogP contribution is -2.49. The molecule has 2 rings (SSSR count). The number of nitrogens with one attached hydrogen (secondary N) is 2. The molecule has 1 aromatic rings. The van der Waals surface area contributed by atoms with Crippen LogP contribution in [0.2, 0.25) is 0 Å². The quantitative estimate of drug-likeness (QED) is 0.509. The van der Waals surface area contributed by atoms with E-state index in [4.69, 9.17) is 5.11 Å². The Balaban J connectivity index is 1.87. The van der Waals surface area contributed by atoms with E-state index in [0.29, 0.717) is 31.4 Å². The van der Waals surface area contributed by atoms with Crippen molar-refractivity contribution >= 4 is 27.8 Å². The topological polar surface area (TPSA) is 133 Å². The van der Waals surface area contributed by atoms with E-state index in [9.17, 15) is 22.8 Å². The molecule has 0 unspecified atom stereocenters. The molecule has 2 amide bonds. The summed E-state index contributed by atoms with van der Waals surface area (Å²) < 4.78 is 26.2. The van der Waals surface area contributed by atoms with Gasteiger partial charge in [0.1, 0.15) is 0 Å². The molecule has 10 heteroatoms. The van der Waals surface area contributed by atoms with E-state index < -0.39 is 16.0 Å². The average Bonchev–Trinajstić information content (AvgIpc) is 2.64. The Bertz CT molecular complexity index is 791. The van der Waals surface area contributed by atoms with Crippen LogP contribution in [-0.4, -0.2) is 61.8 Å². The minimum atomic E-state index is -3.78. The number of nitrogens with zero attached hydrogens (tertiary/aromatic N) is 1. The summed E-state index contributed by atoms with van der Waals surface area (Å²) in [6, 6.07) is 5.56. The number of carbonyl (C=O) groups is 3. The van der Waals surface area contributed by atoms with Crippen LogP contribution in [0, 0.1) is 0 Å². The molecule has 1 aliphatic heterocycles. The fraction of sp³-hybridized carbons (Fsp3) is 0.471. The highest BCUT2D eigenvalue weighted by Gasteiger charge is 2.29. The fourth-order valence-electron chi connectivity index (χ4n) is 2.63. The first-order valence-electron chi connectivity index (χ1n) is 8.67. The third kappa shape index (κ3) is 6.04. The van der Waals surface area contributed by atoms with Crippen molar-refractivity contribution in [2.24, 2.45) is 0 Å². The molecule has 0 bridgehead atoms. The Morgan fingerprint density at radius 2 is 1.85 bits per heavy atom. The van der Waals surface area contributed by atoms with E-state index in [0.717, 1.165) is 4.31 Å². The number of unbranched alkanes of at least 4 members (excludes halogenated alkanes) is 2. The number of aliphatic carboxylic acids is 1. The summed E-state index contributed by atoms with van der Waals surface area (Å²) in [4.78, 5) is 33.9. The Morgan fingerprint density at radius 3 is 2.48 bits per heavy atom. The van der Waals surface area contributed by atoms with Crippen LogP contribution < -0.4 is 10.6 Å². The number of amides is 2. The second-order valence-corrected chi connectivity index (χ2v) is 8.11. The van der Waals surface area contributed by atoms with Crippen molar-refractivity contribution in [3.05, 3.63) is 29.8 Å². The van der Waals surface area contributed by atoms with E-state index in [1.807, 2.05) is 0 Å². The van der Waals surface area contributed by atoms with E-state index >= 15 is 0 Å². The van der Waals surface area contributed by atoms with Gasteiger partial charge < -0.3 is 15.7 Å². The number of sulfonamides is 1. The smallest absolute Gasteiger partial charge is 0.303 e. The van der Waals surface area contributed by atoms with Crippen molar-refractivity contribution in [1.82, 2.24) is 14.9 Å². The summed E-state index contributed by atoms with van der Waals surface area (Å²) in [5.74, 6) is -1.50. The minimum absolute atomic E-state index is 0.0300. The molecule has 1 aromatic carbocycles. The molecule has 0 aliphatic carbocycles. The van der Waals surface area contributed by atoms with Gasteiger partial charge >= 0.3 is 5.97 Å². The molecule has 1 fully saturated rings. The van der Waals surface area contributed by atoms with Gasteiger partial charge in [0.2, 0.25) is 15.9 Å². The molecule has 0 saturated carbocycles. The number of carboxylic acid groups (broad SMARTS) is 1. The molecular formula is C17H23N3O6S. The molecule has 3 N–H and O–H groups in total. The molecule has 0 atom stereocenters. The zero-order valence-electron chi connectivity index (χ0n) is 14.8. The van der Waals surface area contributed by atoms with Gasteiger partial charge in [-0.15, -0.1) is 0 Å². The standard InChI is InChI=1S/C17H23N3O6S/c21-15-12-20(11-10-18-15)27(25,26)14-7-5-13(6-8-14)17(24)19-9-3-1-2-4-16(22)23/h5-8H,1-4,9-12H2,(H,18,21)(H,19,24)(H,22,23). The predicted molar refractivity (Wildman–Crippen MR) is 96.6 cm³/mol. The number of carbonyl (C=O) groups excluding carboxylic acids is 2. The van der Waals surface area contributed by atoms with Gasteiger partial charge in [-0.1, -0.05) is 6.42 Å². The van der Waals surface area contributed by atoms with E-state index in [-0.39, 0.29) is 42.8 Å². The summed E-state index contributed by atoms with van der Waals surface area (Å²) in [6.45, 7) is 0.678. The van der Waals surface area contributed by atoms with Crippen molar-refractivity contribution in [2.75, 3.05) is 26.2 Å². The van der Waals surface area contributed by atoms with Crippen molar-refractivity contribution in [3.63, 3.8) is 0 Å². The van der Waals surface area contributed by atoms with Crippen LogP contribution in [0.25, 0.3) is 0 Å². The number of carboxylic acids is 1. The molecular weight excluding hydrogens is 374 g/mol. The fourth-order valence-corrected chi connectivity index (χ4v) is 4.03. The summed E-state index contributed by atoms with van der Waals surface area (Å²) in [7, 11) is -3.78. The Kier molecular flexibility index (Phi) is 7.31. The molecule has 1 heterocycles. The number of rotatable bonds is 9. The van der Waals surface area contributed by atoms with E-state index in [2.05, 4.69) is 10.6 Å². The lowest BCUT2D eigenvalue weighted by Gasteiger charge is -2.25. The van der Waals surface area contributed by atoms with Gasteiger partial charge in [-0.3, -0.25) is 14.4 Å². The molecule has 0 spiro atoms. The average molecular weight is 397 g/mol.